The average Bonchev–Trinajstić information content (AvgIpc) is 2.00. The van der Waals surface area contributed by atoms with Gasteiger partial charge in [-0.3, -0.25) is 4.79 Å². The maximum atomic E-state index is 11.4. The summed E-state index contributed by atoms with van der Waals surface area (Å²) in [5, 5.41) is 2.51. The van der Waals surface area contributed by atoms with E-state index < -0.39 is 21.5 Å². The van der Waals surface area contributed by atoms with Gasteiger partial charge >= 0.3 is 0 Å². The Morgan fingerprint density at radius 2 is 2.00 bits per heavy atom. The van der Waals surface area contributed by atoms with Crippen LogP contribution in [-0.4, -0.2) is 38.9 Å². The molecule has 90 valence electrons. The third-order valence-electron chi connectivity index (χ3n) is 1.64. The van der Waals surface area contributed by atoms with Gasteiger partial charge in [-0.15, -0.1) is 0 Å². The van der Waals surface area contributed by atoms with Crippen LogP contribution in [0.3, 0.4) is 0 Å². The molecule has 0 aromatic carbocycles. The van der Waals surface area contributed by atoms with E-state index in [2.05, 4.69) is 5.32 Å². The van der Waals surface area contributed by atoms with Crippen molar-refractivity contribution in [3.05, 3.63) is 0 Å². The topological polar surface area (TPSA) is 89.3 Å². The van der Waals surface area contributed by atoms with Crippen LogP contribution in [0.15, 0.2) is 0 Å². The molecule has 0 unspecified atom stereocenters. The summed E-state index contributed by atoms with van der Waals surface area (Å²) in [4.78, 5) is 11.2. The van der Waals surface area contributed by atoms with Gasteiger partial charge in [0.2, 0.25) is 5.91 Å². The van der Waals surface area contributed by atoms with E-state index in [-0.39, 0.29) is 11.7 Å². The lowest BCUT2D eigenvalue weighted by atomic mass is 10.3. The molecule has 1 amide bonds. The molecule has 0 aliphatic rings. The molecule has 0 aromatic heterocycles. The van der Waals surface area contributed by atoms with Gasteiger partial charge in [-0.2, -0.15) is 0 Å². The van der Waals surface area contributed by atoms with Gasteiger partial charge in [-0.25, -0.2) is 8.42 Å². The van der Waals surface area contributed by atoms with Crippen LogP contribution in [0.4, 0.5) is 0 Å². The maximum Gasteiger partial charge on any atom is 0.235 e. The Kier molecular flexibility index (Phi) is 6.51. The van der Waals surface area contributed by atoms with Crippen LogP contribution in [0, 0.1) is 5.92 Å². The predicted octanol–water partition coefficient (Wildman–Crippen LogP) is -0.478. The van der Waals surface area contributed by atoms with Crippen LogP contribution in [0.2, 0.25) is 0 Å². The number of hydrogen-bond acceptors (Lipinski definition) is 4. The standard InChI is InChI=1S/C9H20N2O3S/c1-8(2)6-15(13,14)7-9(12)11-5-3-4-10/h8H,3-7,10H2,1-2H3,(H,11,12). The zero-order chi connectivity index (χ0) is 11.9. The number of sulfone groups is 1. The van der Waals surface area contributed by atoms with Gasteiger partial charge in [0.25, 0.3) is 0 Å². The molecule has 0 spiro atoms. The summed E-state index contributed by atoms with van der Waals surface area (Å²) >= 11 is 0. The van der Waals surface area contributed by atoms with E-state index in [1.165, 1.54) is 0 Å². The van der Waals surface area contributed by atoms with Crippen molar-refractivity contribution in [2.75, 3.05) is 24.6 Å². The number of carbonyl (C=O) groups is 1. The SMILES string of the molecule is CC(C)CS(=O)(=O)CC(=O)NCCCN. The fourth-order valence-corrected chi connectivity index (χ4v) is 2.78. The fourth-order valence-electron chi connectivity index (χ4n) is 1.15. The van der Waals surface area contributed by atoms with Crippen molar-refractivity contribution >= 4 is 15.7 Å². The second-order valence-electron chi connectivity index (χ2n) is 3.94. The summed E-state index contributed by atoms with van der Waals surface area (Å²) in [6.07, 6.45) is 0.663. The molecule has 0 rings (SSSR count). The van der Waals surface area contributed by atoms with Gasteiger partial charge in [0.1, 0.15) is 5.75 Å². The highest BCUT2D eigenvalue weighted by molar-refractivity contribution is 7.92. The summed E-state index contributed by atoms with van der Waals surface area (Å²) < 4.78 is 22.8. The summed E-state index contributed by atoms with van der Waals surface area (Å²) in [5.74, 6) is -0.761. The van der Waals surface area contributed by atoms with Crippen molar-refractivity contribution < 1.29 is 13.2 Å². The highest BCUT2D eigenvalue weighted by Gasteiger charge is 2.17. The van der Waals surface area contributed by atoms with Crippen molar-refractivity contribution in [3.8, 4) is 0 Å². The van der Waals surface area contributed by atoms with Crippen molar-refractivity contribution in [3.63, 3.8) is 0 Å². The summed E-state index contributed by atoms with van der Waals surface area (Å²) in [7, 11) is -3.26. The predicted molar refractivity (Wildman–Crippen MR) is 60.2 cm³/mol. The summed E-state index contributed by atoms with van der Waals surface area (Å²) in [6.45, 7) is 4.54. The first-order valence-electron chi connectivity index (χ1n) is 5.04. The van der Waals surface area contributed by atoms with Gasteiger partial charge < -0.3 is 11.1 Å². The van der Waals surface area contributed by atoms with Crippen LogP contribution in [0.5, 0.6) is 0 Å². The van der Waals surface area contributed by atoms with Gasteiger partial charge in [0.05, 0.1) is 5.75 Å². The molecule has 0 aromatic rings. The van der Waals surface area contributed by atoms with Gasteiger partial charge in [-0.1, -0.05) is 13.8 Å². The number of rotatable bonds is 7. The molecule has 3 N–H and O–H groups in total. The summed E-state index contributed by atoms with van der Waals surface area (Å²) in [6, 6.07) is 0. The van der Waals surface area contributed by atoms with E-state index in [0.29, 0.717) is 19.5 Å². The molecule has 0 fully saturated rings. The first-order chi connectivity index (χ1) is 6.87. The minimum Gasteiger partial charge on any atom is -0.355 e. The molecule has 5 nitrogen and oxygen atoms in total. The highest BCUT2D eigenvalue weighted by Crippen LogP contribution is 2.00. The molecule has 0 saturated carbocycles. The molecule has 0 saturated heterocycles. The largest absolute Gasteiger partial charge is 0.355 e. The Hall–Kier alpha value is -0.620. The third kappa shape index (κ3) is 8.38. The Balaban J connectivity index is 3.95. The second-order valence-corrected chi connectivity index (χ2v) is 6.05. The zero-order valence-corrected chi connectivity index (χ0v) is 10.1. The molecule has 0 aliphatic carbocycles. The number of hydrogen-bond donors (Lipinski definition) is 2. The second kappa shape index (κ2) is 6.79. The fraction of sp³-hybridized carbons (Fsp3) is 0.889. The van der Waals surface area contributed by atoms with Crippen molar-refractivity contribution in [2.45, 2.75) is 20.3 Å². The minimum atomic E-state index is -3.26. The van der Waals surface area contributed by atoms with Crippen LogP contribution in [-0.2, 0) is 14.6 Å². The lowest BCUT2D eigenvalue weighted by Gasteiger charge is -2.07. The first kappa shape index (κ1) is 14.4. The molecule has 15 heavy (non-hydrogen) atoms. The summed E-state index contributed by atoms with van der Waals surface area (Å²) in [5.41, 5.74) is 5.24. The smallest absolute Gasteiger partial charge is 0.235 e. The Bertz CT molecular complexity index is 286. The highest BCUT2D eigenvalue weighted by atomic mass is 32.2. The Labute approximate surface area is 91.3 Å². The first-order valence-corrected chi connectivity index (χ1v) is 6.86. The lowest BCUT2D eigenvalue weighted by Crippen LogP contribution is -2.33. The van der Waals surface area contributed by atoms with Gasteiger partial charge in [0, 0.05) is 6.54 Å². The van der Waals surface area contributed by atoms with E-state index in [0.717, 1.165) is 0 Å². The van der Waals surface area contributed by atoms with E-state index >= 15 is 0 Å². The number of carbonyl (C=O) groups excluding carboxylic acids is 1. The minimum absolute atomic E-state index is 0.0480. The maximum absolute atomic E-state index is 11.4. The lowest BCUT2D eigenvalue weighted by molar-refractivity contribution is -0.118. The molecule has 0 bridgehead atoms. The van der Waals surface area contributed by atoms with Crippen LogP contribution in [0.1, 0.15) is 20.3 Å². The molecular formula is C9H20N2O3S. The van der Waals surface area contributed by atoms with E-state index in [1.807, 2.05) is 13.8 Å². The zero-order valence-electron chi connectivity index (χ0n) is 9.32. The van der Waals surface area contributed by atoms with Crippen molar-refractivity contribution in [1.82, 2.24) is 5.32 Å². The van der Waals surface area contributed by atoms with Crippen LogP contribution in [0.25, 0.3) is 0 Å². The quantitative estimate of drug-likeness (QED) is 0.584. The number of nitrogens with two attached hydrogens (primary N) is 1. The molecule has 6 heteroatoms. The van der Waals surface area contributed by atoms with Gasteiger partial charge in [0.15, 0.2) is 9.84 Å². The molecule has 0 atom stereocenters. The third-order valence-corrected chi connectivity index (χ3v) is 3.52. The van der Waals surface area contributed by atoms with Crippen molar-refractivity contribution in [2.24, 2.45) is 11.7 Å². The molecular weight excluding hydrogens is 216 g/mol. The van der Waals surface area contributed by atoms with E-state index in [9.17, 15) is 13.2 Å². The average molecular weight is 236 g/mol. The monoisotopic (exact) mass is 236 g/mol. The van der Waals surface area contributed by atoms with Gasteiger partial charge in [-0.05, 0) is 18.9 Å². The molecule has 0 heterocycles. The molecule has 0 radical (unpaired) electrons. The van der Waals surface area contributed by atoms with E-state index in [1.54, 1.807) is 0 Å². The van der Waals surface area contributed by atoms with Crippen LogP contribution < -0.4 is 11.1 Å². The number of nitrogens with one attached hydrogen (secondary N) is 1. The Morgan fingerprint density at radius 3 is 2.47 bits per heavy atom. The van der Waals surface area contributed by atoms with Crippen LogP contribution >= 0.6 is 0 Å². The number of amides is 1. The Morgan fingerprint density at radius 1 is 1.40 bits per heavy atom. The normalized spacial score (nSPS) is 11.7. The van der Waals surface area contributed by atoms with Crippen molar-refractivity contribution in [1.29, 1.82) is 0 Å². The molecule has 0 aliphatic heterocycles. The van der Waals surface area contributed by atoms with E-state index in [4.69, 9.17) is 5.73 Å².